The number of nitrogens with zero attached hydrogens (tertiary/aromatic N) is 1. The smallest absolute Gasteiger partial charge is 0.252 e. The molecule has 4 nitrogen and oxygen atoms in total. The average Bonchev–Trinajstić information content (AvgIpc) is 2.77. The van der Waals surface area contributed by atoms with E-state index in [-0.39, 0.29) is 11.9 Å². The second-order valence-electron chi connectivity index (χ2n) is 8.47. The van der Waals surface area contributed by atoms with E-state index < -0.39 is 0 Å². The fourth-order valence-corrected chi connectivity index (χ4v) is 4.02. The highest BCUT2D eigenvalue weighted by Crippen LogP contribution is 2.24. The molecule has 1 atom stereocenters. The van der Waals surface area contributed by atoms with Gasteiger partial charge in [-0.05, 0) is 74.6 Å². The van der Waals surface area contributed by atoms with Gasteiger partial charge in [-0.3, -0.25) is 4.79 Å². The molecule has 32 heavy (non-hydrogen) atoms. The van der Waals surface area contributed by atoms with Gasteiger partial charge in [-0.2, -0.15) is 0 Å². The van der Waals surface area contributed by atoms with Gasteiger partial charge in [0, 0.05) is 17.1 Å². The number of pyridine rings is 1. The molecule has 0 radical (unpaired) electrons. The Bertz CT molecular complexity index is 1210. The minimum absolute atomic E-state index is 0.0606. The molecule has 3 aromatic carbocycles. The molecule has 0 saturated heterocycles. The summed E-state index contributed by atoms with van der Waals surface area (Å²) in [6.07, 6.45) is 1.81. The van der Waals surface area contributed by atoms with Crippen molar-refractivity contribution >= 4 is 28.3 Å². The molecule has 162 valence electrons. The molecule has 2 N–H and O–H groups in total. The Hall–Kier alpha value is -3.66. The van der Waals surface area contributed by atoms with E-state index in [2.05, 4.69) is 61.7 Å². The van der Waals surface area contributed by atoms with Crippen LogP contribution in [0, 0.1) is 13.8 Å². The van der Waals surface area contributed by atoms with Crippen LogP contribution >= 0.6 is 0 Å². The lowest BCUT2D eigenvalue weighted by Crippen LogP contribution is -2.33. The van der Waals surface area contributed by atoms with Gasteiger partial charge in [-0.15, -0.1) is 0 Å². The summed E-state index contributed by atoms with van der Waals surface area (Å²) in [6, 6.07) is 26.3. The van der Waals surface area contributed by atoms with Gasteiger partial charge in [0.2, 0.25) is 0 Å². The fraction of sp³-hybridized carbons (Fsp3) is 0.214. The van der Waals surface area contributed by atoms with Crippen LogP contribution in [0.5, 0.6) is 0 Å². The van der Waals surface area contributed by atoms with Gasteiger partial charge < -0.3 is 10.6 Å². The molecular weight excluding hydrogens is 394 g/mol. The number of benzene rings is 3. The summed E-state index contributed by atoms with van der Waals surface area (Å²) in [6.45, 7) is 6.20. The minimum Gasteiger partial charge on any atom is -0.350 e. The third-order valence-electron chi connectivity index (χ3n) is 5.54. The lowest BCUT2D eigenvalue weighted by atomic mass is 10.0. The molecule has 1 amide bonds. The number of amides is 1. The van der Waals surface area contributed by atoms with Crippen LogP contribution in [0.25, 0.3) is 10.9 Å². The number of carbonyl (C=O) groups excluding carboxylic acids is 1. The molecular formula is C28H29N3O. The molecule has 0 bridgehead atoms. The number of para-hydroxylation sites is 1. The van der Waals surface area contributed by atoms with Crippen molar-refractivity contribution in [1.29, 1.82) is 0 Å². The molecule has 0 spiro atoms. The highest BCUT2D eigenvalue weighted by molar-refractivity contribution is 6.07. The number of aryl methyl sites for hydroxylation is 3. The molecule has 4 heteroatoms. The zero-order valence-corrected chi connectivity index (χ0v) is 18.9. The number of aromatic nitrogens is 1. The molecule has 0 saturated carbocycles. The quantitative estimate of drug-likeness (QED) is 0.364. The Labute approximate surface area is 189 Å². The highest BCUT2D eigenvalue weighted by atomic mass is 16.1. The van der Waals surface area contributed by atoms with Crippen LogP contribution in [0.4, 0.5) is 11.5 Å². The third kappa shape index (κ3) is 5.33. The summed E-state index contributed by atoms with van der Waals surface area (Å²) in [5, 5.41) is 7.41. The van der Waals surface area contributed by atoms with Gasteiger partial charge in [0.15, 0.2) is 0 Å². The van der Waals surface area contributed by atoms with Gasteiger partial charge in [0.05, 0.1) is 11.1 Å². The van der Waals surface area contributed by atoms with Gasteiger partial charge in [0.1, 0.15) is 5.82 Å². The van der Waals surface area contributed by atoms with Crippen molar-refractivity contribution in [3.8, 4) is 0 Å². The number of hydrogen-bond donors (Lipinski definition) is 2. The maximum absolute atomic E-state index is 13.2. The second-order valence-corrected chi connectivity index (χ2v) is 8.47. The van der Waals surface area contributed by atoms with Crippen LogP contribution in [-0.2, 0) is 6.42 Å². The van der Waals surface area contributed by atoms with Gasteiger partial charge in [0.25, 0.3) is 5.91 Å². The first-order valence-corrected chi connectivity index (χ1v) is 11.1. The van der Waals surface area contributed by atoms with Crippen molar-refractivity contribution < 1.29 is 4.79 Å². The summed E-state index contributed by atoms with van der Waals surface area (Å²) in [5.74, 6) is 0.587. The molecule has 0 aliphatic carbocycles. The maximum Gasteiger partial charge on any atom is 0.252 e. The van der Waals surface area contributed by atoms with Gasteiger partial charge in [-0.25, -0.2) is 4.98 Å². The molecule has 0 aliphatic heterocycles. The lowest BCUT2D eigenvalue weighted by Gasteiger charge is -2.16. The van der Waals surface area contributed by atoms with Crippen molar-refractivity contribution in [2.24, 2.45) is 0 Å². The summed E-state index contributed by atoms with van der Waals surface area (Å²) < 4.78 is 0. The van der Waals surface area contributed by atoms with Crippen molar-refractivity contribution in [1.82, 2.24) is 10.3 Å². The Morgan fingerprint density at radius 2 is 1.59 bits per heavy atom. The highest BCUT2D eigenvalue weighted by Gasteiger charge is 2.15. The van der Waals surface area contributed by atoms with Crippen LogP contribution in [0.15, 0.2) is 78.9 Å². The standard InChI is InChI=1S/C28H29N3O/c1-19-15-20(2)17-23(16-19)30-27-18-25(24-11-7-8-12-26(24)31-27)28(32)29-21(3)13-14-22-9-5-4-6-10-22/h4-12,15-18,21H,13-14H2,1-3H3,(H,29,32)(H,30,31)/t21-/m1/s1. The Balaban J connectivity index is 1.55. The van der Waals surface area contributed by atoms with Crippen molar-refractivity contribution in [2.45, 2.75) is 39.7 Å². The lowest BCUT2D eigenvalue weighted by molar-refractivity contribution is 0.0940. The molecule has 4 aromatic rings. The van der Waals surface area contributed by atoms with E-state index in [1.54, 1.807) is 0 Å². The molecule has 0 fully saturated rings. The van der Waals surface area contributed by atoms with E-state index in [1.165, 1.54) is 16.7 Å². The summed E-state index contributed by atoms with van der Waals surface area (Å²) >= 11 is 0. The predicted molar refractivity (Wildman–Crippen MR) is 133 cm³/mol. The van der Waals surface area contributed by atoms with E-state index in [0.29, 0.717) is 11.4 Å². The van der Waals surface area contributed by atoms with Gasteiger partial charge >= 0.3 is 0 Å². The number of rotatable bonds is 7. The van der Waals surface area contributed by atoms with E-state index in [9.17, 15) is 4.79 Å². The van der Waals surface area contributed by atoms with Crippen molar-refractivity contribution in [3.63, 3.8) is 0 Å². The third-order valence-corrected chi connectivity index (χ3v) is 5.54. The first-order valence-electron chi connectivity index (χ1n) is 11.1. The van der Waals surface area contributed by atoms with Crippen LogP contribution in [0.1, 0.15) is 40.4 Å². The van der Waals surface area contributed by atoms with Crippen molar-refractivity contribution in [3.05, 3.63) is 101 Å². The van der Waals surface area contributed by atoms with E-state index >= 15 is 0 Å². The van der Waals surface area contributed by atoms with Crippen LogP contribution in [-0.4, -0.2) is 16.9 Å². The van der Waals surface area contributed by atoms with Gasteiger partial charge in [-0.1, -0.05) is 54.6 Å². The molecule has 0 unspecified atom stereocenters. The normalized spacial score (nSPS) is 11.8. The van der Waals surface area contributed by atoms with E-state index in [0.717, 1.165) is 29.4 Å². The van der Waals surface area contributed by atoms with Crippen LogP contribution in [0.3, 0.4) is 0 Å². The zero-order valence-electron chi connectivity index (χ0n) is 18.9. The van der Waals surface area contributed by atoms with E-state index in [4.69, 9.17) is 4.98 Å². The summed E-state index contributed by atoms with van der Waals surface area (Å²) in [7, 11) is 0. The minimum atomic E-state index is -0.0763. The largest absolute Gasteiger partial charge is 0.350 e. The zero-order chi connectivity index (χ0) is 22.5. The average molecular weight is 424 g/mol. The first kappa shape index (κ1) is 21.6. The molecule has 1 heterocycles. The first-order chi connectivity index (χ1) is 15.5. The van der Waals surface area contributed by atoms with Crippen molar-refractivity contribution in [2.75, 3.05) is 5.32 Å². The number of fused-ring (bicyclic) bond motifs is 1. The topological polar surface area (TPSA) is 54.0 Å². The number of carbonyl (C=O) groups is 1. The monoisotopic (exact) mass is 423 g/mol. The fourth-order valence-electron chi connectivity index (χ4n) is 4.02. The number of nitrogens with one attached hydrogen (secondary N) is 2. The predicted octanol–water partition coefficient (Wildman–Crippen LogP) is 6.35. The van der Waals surface area contributed by atoms with E-state index in [1.807, 2.05) is 48.5 Å². The number of hydrogen-bond acceptors (Lipinski definition) is 3. The van der Waals surface area contributed by atoms with Crippen LogP contribution in [0.2, 0.25) is 0 Å². The molecule has 4 rings (SSSR count). The Morgan fingerprint density at radius 1 is 0.906 bits per heavy atom. The second kappa shape index (κ2) is 9.65. The Morgan fingerprint density at radius 3 is 2.34 bits per heavy atom. The number of anilines is 2. The SMILES string of the molecule is Cc1cc(C)cc(Nc2cc(C(=O)N[C@H](C)CCc3ccccc3)c3ccccc3n2)c1. The summed E-state index contributed by atoms with van der Waals surface area (Å²) in [5.41, 5.74) is 6.03. The molecule has 0 aliphatic rings. The Kier molecular flexibility index (Phi) is 6.50. The summed E-state index contributed by atoms with van der Waals surface area (Å²) in [4.78, 5) is 18.0. The maximum atomic E-state index is 13.2. The molecule has 1 aromatic heterocycles. The van der Waals surface area contributed by atoms with Crippen LogP contribution < -0.4 is 10.6 Å².